The van der Waals surface area contributed by atoms with E-state index in [1.54, 1.807) is 0 Å². The second kappa shape index (κ2) is 49.0. The predicted molar refractivity (Wildman–Crippen MR) is 256 cm³/mol. The molecule has 0 saturated heterocycles. The van der Waals surface area contributed by atoms with Crippen molar-refractivity contribution >= 4 is 17.9 Å². The van der Waals surface area contributed by atoms with Gasteiger partial charge < -0.3 is 14.2 Å². The van der Waals surface area contributed by atoms with Gasteiger partial charge in [-0.25, -0.2) is 0 Å². The van der Waals surface area contributed by atoms with E-state index in [1.165, 1.54) is 128 Å². The fourth-order valence-electron chi connectivity index (χ4n) is 7.14. The molecule has 0 N–H and O–H groups in total. The summed E-state index contributed by atoms with van der Waals surface area (Å²) in [6.45, 7) is 6.55. The van der Waals surface area contributed by atoms with Gasteiger partial charge in [0.1, 0.15) is 13.2 Å². The van der Waals surface area contributed by atoms with Gasteiger partial charge in [0.2, 0.25) is 0 Å². The van der Waals surface area contributed by atoms with Crippen molar-refractivity contribution in [2.75, 3.05) is 13.2 Å². The van der Waals surface area contributed by atoms with Crippen LogP contribution < -0.4 is 0 Å². The number of hydrogen-bond donors (Lipinski definition) is 0. The quantitative estimate of drug-likeness (QED) is 0.0263. The standard InChI is InChI=1S/C54H96O6/c1-4-7-10-13-16-19-21-23-25-26-27-28-29-31-32-35-38-41-44-47-53(56)59-50-51(49-58-52(55)46-43-40-37-34-18-15-12-9-6-3)60-54(57)48-45-42-39-36-33-30-24-22-20-17-14-11-8-5-2/h14,16-17,19,22-25,51H,4-13,15,18,20-21,26-50H2,1-3H3/b17-14-,19-16-,24-22-,25-23-. The van der Waals surface area contributed by atoms with Crippen molar-refractivity contribution in [1.82, 2.24) is 0 Å². The average molecular weight is 841 g/mol. The summed E-state index contributed by atoms with van der Waals surface area (Å²) in [6, 6.07) is 0. The lowest BCUT2D eigenvalue weighted by Gasteiger charge is -2.18. The summed E-state index contributed by atoms with van der Waals surface area (Å²) in [6.07, 6.45) is 58.1. The van der Waals surface area contributed by atoms with Gasteiger partial charge in [-0.1, -0.05) is 211 Å². The third kappa shape index (κ3) is 46.4. The molecule has 0 heterocycles. The molecular formula is C54H96O6. The van der Waals surface area contributed by atoms with Crippen LogP contribution >= 0.6 is 0 Å². The molecule has 0 radical (unpaired) electrons. The van der Waals surface area contributed by atoms with E-state index in [4.69, 9.17) is 14.2 Å². The summed E-state index contributed by atoms with van der Waals surface area (Å²) in [5.41, 5.74) is 0. The van der Waals surface area contributed by atoms with Gasteiger partial charge in [-0.3, -0.25) is 14.4 Å². The van der Waals surface area contributed by atoms with Crippen LogP contribution in [0.2, 0.25) is 0 Å². The summed E-state index contributed by atoms with van der Waals surface area (Å²) >= 11 is 0. The van der Waals surface area contributed by atoms with E-state index < -0.39 is 6.10 Å². The highest BCUT2D eigenvalue weighted by atomic mass is 16.6. The summed E-state index contributed by atoms with van der Waals surface area (Å²) < 4.78 is 16.7. The fourth-order valence-corrected chi connectivity index (χ4v) is 7.14. The van der Waals surface area contributed by atoms with Crippen LogP contribution in [0, 0.1) is 0 Å². The molecule has 0 aliphatic rings. The van der Waals surface area contributed by atoms with Crippen LogP contribution in [0.3, 0.4) is 0 Å². The number of rotatable bonds is 46. The van der Waals surface area contributed by atoms with Crippen LogP contribution in [0.5, 0.6) is 0 Å². The lowest BCUT2D eigenvalue weighted by molar-refractivity contribution is -0.167. The maximum atomic E-state index is 12.8. The second-order valence-electron chi connectivity index (χ2n) is 17.1. The Hall–Kier alpha value is -2.63. The molecule has 6 nitrogen and oxygen atoms in total. The minimum Gasteiger partial charge on any atom is -0.462 e. The summed E-state index contributed by atoms with van der Waals surface area (Å²) in [5, 5.41) is 0. The first-order chi connectivity index (χ1) is 29.5. The molecule has 6 heteroatoms. The van der Waals surface area contributed by atoms with Gasteiger partial charge in [0, 0.05) is 19.3 Å². The van der Waals surface area contributed by atoms with E-state index in [-0.39, 0.29) is 31.1 Å². The summed E-state index contributed by atoms with van der Waals surface area (Å²) in [7, 11) is 0. The number of carbonyl (C=O) groups excluding carboxylic acids is 3. The van der Waals surface area contributed by atoms with Crippen molar-refractivity contribution in [1.29, 1.82) is 0 Å². The molecule has 0 fully saturated rings. The first kappa shape index (κ1) is 57.4. The molecule has 0 spiro atoms. The van der Waals surface area contributed by atoms with Gasteiger partial charge in [-0.05, 0) is 77.0 Å². The molecule has 0 saturated carbocycles. The number of esters is 3. The Bertz CT molecular complexity index is 1060. The third-order valence-corrected chi connectivity index (χ3v) is 11.1. The van der Waals surface area contributed by atoms with E-state index in [2.05, 4.69) is 69.4 Å². The van der Waals surface area contributed by atoms with E-state index in [9.17, 15) is 14.4 Å². The maximum absolute atomic E-state index is 12.8. The van der Waals surface area contributed by atoms with Crippen molar-refractivity contribution < 1.29 is 28.6 Å². The summed E-state index contributed by atoms with van der Waals surface area (Å²) in [4.78, 5) is 37.9. The van der Waals surface area contributed by atoms with Crippen LogP contribution in [0.4, 0.5) is 0 Å². The Morgan fingerprint density at radius 3 is 1.00 bits per heavy atom. The molecule has 1 atom stereocenters. The number of ether oxygens (including phenoxy) is 3. The molecule has 60 heavy (non-hydrogen) atoms. The number of hydrogen-bond acceptors (Lipinski definition) is 6. The van der Waals surface area contributed by atoms with Crippen LogP contribution in [0.15, 0.2) is 48.6 Å². The SMILES string of the molecule is CCCC/C=C\C/C=C\CCCCCCCC(=O)OC(COC(=O)CCCCCCCCCCC)COC(=O)CCCCCCCCCCC/C=C\C/C=C\CCCCC. The highest BCUT2D eigenvalue weighted by Crippen LogP contribution is 2.15. The first-order valence-electron chi connectivity index (χ1n) is 25.6. The van der Waals surface area contributed by atoms with Gasteiger partial charge in [0.25, 0.3) is 0 Å². The Labute approximate surface area is 371 Å². The van der Waals surface area contributed by atoms with E-state index >= 15 is 0 Å². The highest BCUT2D eigenvalue weighted by molar-refractivity contribution is 5.71. The van der Waals surface area contributed by atoms with E-state index in [0.29, 0.717) is 19.3 Å². The zero-order valence-electron chi connectivity index (χ0n) is 39.7. The molecule has 0 aromatic rings. The number of carbonyl (C=O) groups is 3. The molecule has 348 valence electrons. The lowest BCUT2D eigenvalue weighted by atomic mass is 10.1. The monoisotopic (exact) mass is 841 g/mol. The zero-order chi connectivity index (χ0) is 43.7. The van der Waals surface area contributed by atoms with Crippen molar-refractivity contribution in [3.05, 3.63) is 48.6 Å². The predicted octanol–water partition coefficient (Wildman–Crippen LogP) is 16.7. The van der Waals surface area contributed by atoms with Crippen molar-refractivity contribution in [2.45, 2.75) is 264 Å². The fraction of sp³-hybridized carbons (Fsp3) is 0.796. The normalized spacial score (nSPS) is 12.4. The van der Waals surface area contributed by atoms with Crippen LogP contribution in [-0.2, 0) is 28.6 Å². The van der Waals surface area contributed by atoms with Crippen LogP contribution in [0.1, 0.15) is 258 Å². The van der Waals surface area contributed by atoms with Gasteiger partial charge in [0.15, 0.2) is 6.10 Å². The Kier molecular flexibility index (Phi) is 46.9. The molecule has 0 aliphatic heterocycles. The van der Waals surface area contributed by atoms with E-state index in [1.807, 2.05) is 0 Å². The van der Waals surface area contributed by atoms with Gasteiger partial charge in [-0.2, -0.15) is 0 Å². The van der Waals surface area contributed by atoms with Crippen LogP contribution in [0.25, 0.3) is 0 Å². The van der Waals surface area contributed by atoms with Gasteiger partial charge >= 0.3 is 17.9 Å². The molecular weight excluding hydrogens is 745 g/mol. The van der Waals surface area contributed by atoms with Crippen LogP contribution in [-0.4, -0.2) is 37.2 Å². The summed E-state index contributed by atoms with van der Waals surface area (Å²) in [5.74, 6) is -0.894. The Balaban J connectivity index is 4.31. The van der Waals surface area contributed by atoms with Crippen molar-refractivity contribution in [3.63, 3.8) is 0 Å². The van der Waals surface area contributed by atoms with Gasteiger partial charge in [-0.15, -0.1) is 0 Å². The average Bonchev–Trinajstić information content (AvgIpc) is 3.24. The number of allylic oxidation sites excluding steroid dienone is 8. The Morgan fingerprint density at radius 2 is 0.617 bits per heavy atom. The second-order valence-corrected chi connectivity index (χ2v) is 17.1. The van der Waals surface area contributed by atoms with E-state index in [0.717, 1.165) is 89.9 Å². The Morgan fingerprint density at radius 1 is 0.333 bits per heavy atom. The maximum Gasteiger partial charge on any atom is 0.306 e. The molecule has 0 aromatic carbocycles. The van der Waals surface area contributed by atoms with Crippen molar-refractivity contribution in [2.24, 2.45) is 0 Å². The topological polar surface area (TPSA) is 78.9 Å². The van der Waals surface area contributed by atoms with Gasteiger partial charge in [0.05, 0.1) is 0 Å². The third-order valence-electron chi connectivity index (χ3n) is 11.1. The molecule has 0 amide bonds. The highest BCUT2D eigenvalue weighted by Gasteiger charge is 2.19. The lowest BCUT2D eigenvalue weighted by Crippen LogP contribution is -2.30. The molecule has 0 aromatic heterocycles. The van der Waals surface area contributed by atoms with Crippen molar-refractivity contribution in [3.8, 4) is 0 Å². The zero-order valence-corrected chi connectivity index (χ0v) is 39.7. The molecule has 1 unspecified atom stereocenters. The first-order valence-corrected chi connectivity index (χ1v) is 25.6. The minimum absolute atomic E-state index is 0.0785. The number of unbranched alkanes of at least 4 members (excludes halogenated alkanes) is 27. The largest absolute Gasteiger partial charge is 0.462 e. The minimum atomic E-state index is -0.778. The smallest absolute Gasteiger partial charge is 0.306 e. The molecule has 0 bridgehead atoms. The molecule has 0 rings (SSSR count). The molecule has 0 aliphatic carbocycles.